The molecule has 0 bridgehead atoms. The molecule has 1 heterocycles. The van der Waals surface area contributed by atoms with Gasteiger partial charge in [-0.3, -0.25) is 0 Å². The van der Waals surface area contributed by atoms with E-state index in [-0.39, 0.29) is 5.82 Å². The number of H-pyrrole nitrogens is 1. The van der Waals surface area contributed by atoms with E-state index >= 15 is 0 Å². The molecule has 2 aromatic rings. The molecule has 6 nitrogen and oxygen atoms in total. The molecule has 2 rings (SSSR count). The van der Waals surface area contributed by atoms with Crippen LogP contribution in [0.1, 0.15) is 5.82 Å². The van der Waals surface area contributed by atoms with Gasteiger partial charge in [0.1, 0.15) is 11.6 Å². The molecule has 0 aliphatic carbocycles. The zero-order valence-electron chi connectivity index (χ0n) is 8.25. The van der Waals surface area contributed by atoms with Gasteiger partial charge >= 0.3 is 0 Å². The number of benzene rings is 1. The van der Waals surface area contributed by atoms with Gasteiger partial charge in [-0.25, -0.2) is 0 Å². The Hall–Kier alpha value is -2.68. The lowest BCUT2D eigenvalue weighted by Crippen LogP contribution is -1.92. The van der Waals surface area contributed by atoms with Crippen LogP contribution in [-0.2, 0) is 0 Å². The SMILES string of the molecule is N#CC(=CNc1ccccc1)c1nn[nH]n1. The Morgan fingerprint density at radius 3 is 2.81 bits per heavy atom. The molecule has 0 aliphatic rings. The second kappa shape index (κ2) is 4.70. The minimum atomic E-state index is 0.269. The second-order valence-corrected chi connectivity index (χ2v) is 2.92. The van der Waals surface area contributed by atoms with Gasteiger partial charge < -0.3 is 5.32 Å². The molecule has 0 atom stereocenters. The van der Waals surface area contributed by atoms with Gasteiger partial charge in [0.2, 0.25) is 5.82 Å². The Morgan fingerprint density at radius 1 is 1.38 bits per heavy atom. The van der Waals surface area contributed by atoms with Gasteiger partial charge in [0.15, 0.2) is 0 Å². The fourth-order valence-electron chi connectivity index (χ4n) is 1.11. The van der Waals surface area contributed by atoms with Crippen LogP contribution in [0.25, 0.3) is 5.57 Å². The van der Waals surface area contributed by atoms with Crippen LogP contribution in [0.4, 0.5) is 5.69 Å². The highest BCUT2D eigenvalue weighted by atomic mass is 15.5. The first kappa shape index (κ1) is 9.86. The molecule has 0 fully saturated rings. The number of hydrogen-bond donors (Lipinski definition) is 2. The van der Waals surface area contributed by atoms with E-state index in [1.54, 1.807) is 6.20 Å². The fraction of sp³-hybridized carbons (Fsp3) is 0. The molecule has 2 N–H and O–H groups in total. The van der Waals surface area contributed by atoms with Gasteiger partial charge in [-0.2, -0.15) is 10.5 Å². The summed E-state index contributed by atoms with van der Waals surface area (Å²) in [6.45, 7) is 0. The Balaban J connectivity index is 2.15. The Labute approximate surface area is 91.6 Å². The number of hydrogen-bond acceptors (Lipinski definition) is 5. The summed E-state index contributed by atoms with van der Waals surface area (Å²) in [5.74, 6) is 0.269. The first-order valence-electron chi connectivity index (χ1n) is 4.56. The molecular weight excluding hydrogens is 204 g/mol. The normalized spacial score (nSPS) is 10.8. The number of para-hydroxylation sites is 1. The van der Waals surface area contributed by atoms with Crippen LogP contribution >= 0.6 is 0 Å². The third-order valence-corrected chi connectivity index (χ3v) is 1.86. The summed E-state index contributed by atoms with van der Waals surface area (Å²) in [6, 6.07) is 11.5. The summed E-state index contributed by atoms with van der Waals surface area (Å²) < 4.78 is 0. The predicted octanol–water partition coefficient (Wildman–Crippen LogP) is 1.18. The van der Waals surface area contributed by atoms with Crippen molar-refractivity contribution in [1.82, 2.24) is 20.6 Å². The first-order valence-corrected chi connectivity index (χ1v) is 4.56. The van der Waals surface area contributed by atoms with Crippen LogP contribution in [-0.4, -0.2) is 20.6 Å². The molecule has 0 amide bonds. The summed E-state index contributed by atoms with van der Waals surface area (Å²) >= 11 is 0. The topological polar surface area (TPSA) is 90.3 Å². The molecule has 0 unspecified atom stereocenters. The molecule has 0 radical (unpaired) electrons. The molecule has 0 saturated carbocycles. The van der Waals surface area contributed by atoms with Crippen LogP contribution in [0, 0.1) is 11.3 Å². The number of tetrazole rings is 1. The van der Waals surface area contributed by atoms with Gasteiger partial charge in [-0.15, -0.1) is 10.2 Å². The maximum Gasteiger partial charge on any atom is 0.216 e. The van der Waals surface area contributed by atoms with Crippen LogP contribution in [0.15, 0.2) is 36.5 Å². The lowest BCUT2D eigenvalue weighted by molar-refractivity contribution is 0.881. The van der Waals surface area contributed by atoms with E-state index in [1.165, 1.54) is 0 Å². The molecule has 78 valence electrons. The minimum absolute atomic E-state index is 0.269. The van der Waals surface area contributed by atoms with Crippen molar-refractivity contribution >= 4 is 11.3 Å². The van der Waals surface area contributed by atoms with Crippen molar-refractivity contribution < 1.29 is 0 Å². The van der Waals surface area contributed by atoms with E-state index in [0.29, 0.717) is 5.57 Å². The number of allylic oxidation sites excluding steroid dienone is 1. The van der Waals surface area contributed by atoms with Gasteiger partial charge in [0, 0.05) is 11.9 Å². The highest BCUT2D eigenvalue weighted by Gasteiger charge is 2.04. The van der Waals surface area contributed by atoms with Crippen molar-refractivity contribution in [3.8, 4) is 6.07 Å². The maximum absolute atomic E-state index is 8.90. The Bertz CT molecular complexity index is 508. The summed E-state index contributed by atoms with van der Waals surface area (Å²) in [7, 11) is 0. The van der Waals surface area contributed by atoms with Crippen molar-refractivity contribution in [3.63, 3.8) is 0 Å². The number of nitrogens with zero attached hydrogens (tertiary/aromatic N) is 4. The van der Waals surface area contributed by atoms with Crippen LogP contribution < -0.4 is 5.32 Å². The van der Waals surface area contributed by atoms with E-state index in [1.807, 2.05) is 36.4 Å². The maximum atomic E-state index is 8.90. The van der Waals surface area contributed by atoms with Gasteiger partial charge in [0.05, 0.1) is 0 Å². The molecule has 0 spiro atoms. The number of anilines is 1. The third-order valence-electron chi connectivity index (χ3n) is 1.86. The van der Waals surface area contributed by atoms with E-state index in [2.05, 4.69) is 25.9 Å². The van der Waals surface area contributed by atoms with Crippen molar-refractivity contribution in [1.29, 1.82) is 5.26 Å². The van der Waals surface area contributed by atoms with Crippen molar-refractivity contribution in [2.75, 3.05) is 5.32 Å². The summed E-state index contributed by atoms with van der Waals surface area (Å²) in [6.07, 6.45) is 1.54. The van der Waals surface area contributed by atoms with Gasteiger partial charge in [0.25, 0.3) is 0 Å². The lowest BCUT2D eigenvalue weighted by Gasteiger charge is -1.99. The van der Waals surface area contributed by atoms with E-state index < -0.39 is 0 Å². The minimum Gasteiger partial charge on any atom is -0.360 e. The number of aromatic nitrogens is 4. The number of nitrogens with one attached hydrogen (secondary N) is 2. The monoisotopic (exact) mass is 212 g/mol. The molecule has 1 aromatic carbocycles. The molecule has 0 saturated heterocycles. The number of rotatable bonds is 3. The van der Waals surface area contributed by atoms with Crippen LogP contribution in [0.2, 0.25) is 0 Å². The summed E-state index contributed by atoms with van der Waals surface area (Å²) in [5, 5.41) is 25.0. The highest BCUT2D eigenvalue weighted by molar-refractivity contribution is 5.73. The van der Waals surface area contributed by atoms with Crippen molar-refractivity contribution in [2.24, 2.45) is 0 Å². The average molecular weight is 212 g/mol. The third kappa shape index (κ3) is 2.22. The standard InChI is InChI=1S/C10H8N6/c11-6-8(10-13-15-16-14-10)7-12-9-4-2-1-3-5-9/h1-5,7,12H,(H,13,14,15,16). The van der Waals surface area contributed by atoms with E-state index in [9.17, 15) is 0 Å². The lowest BCUT2D eigenvalue weighted by atomic mass is 10.3. The van der Waals surface area contributed by atoms with Crippen molar-refractivity contribution in [2.45, 2.75) is 0 Å². The largest absolute Gasteiger partial charge is 0.360 e. The van der Waals surface area contributed by atoms with Crippen molar-refractivity contribution in [3.05, 3.63) is 42.4 Å². The van der Waals surface area contributed by atoms with Crippen LogP contribution in [0.5, 0.6) is 0 Å². The Kier molecular flexibility index (Phi) is 2.90. The van der Waals surface area contributed by atoms with Crippen LogP contribution in [0.3, 0.4) is 0 Å². The van der Waals surface area contributed by atoms with Gasteiger partial charge in [-0.1, -0.05) is 18.2 Å². The van der Waals surface area contributed by atoms with E-state index in [4.69, 9.17) is 5.26 Å². The average Bonchev–Trinajstić information content (AvgIpc) is 2.85. The predicted molar refractivity (Wildman–Crippen MR) is 57.8 cm³/mol. The number of aromatic amines is 1. The van der Waals surface area contributed by atoms with Gasteiger partial charge in [-0.05, 0) is 17.3 Å². The quantitative estimate of drug-likeness (QED) is 0.745. The molecule has 6 heteroatoms. The molecular formula is C10H8N6. The zero-order valence-corrected chi connectivity index (χ0v) is 8.25. The second-order valence-electron chi connectivity index (χ2n) is 2.92. The molecule has 0 aliphatic heterocycles. The molecule has 16 heavy (non-hydrogen) atoms. The Morgan fingerprint density at radius 2 is 2.19 bits per heavy atom. The highest BCUT2D eigenvalue weighted by Crippen LogP contribution is 2.09. The molecule has 1 aromatic heterocycles. The van der Waals surface area contributed by atoms with E-state index in [0.717, 1.165) is 5.69 Å². The first-order chi connectivity index (χ1) is 7.90. The summed E-state index contributed by atoms with van der Waals surface area (Å²) in [4.78, 5) is 0. The summed E-state index contributed by atoms with van der Waals surface area (Å²) in [5.41, 5.74) is 1.20. The number of nitriles is 1. The smallest absolute Gasteiger partial charge is 0.216 e. The zero-order chi connectivity index (χ0) is 11.2. The fourth-order valence-corrected chi connectivity index (χ4v) is 1.11.